The molecule has 0 spiro atoms. The van der Waals surface area contributed by atoms with Gasteiger partial charge in [0.25, 0.3) is 11.6 Å². The summed E-state index contributed by atoms with van der Waals surface area (Å²) >= 11 is 0. The Bertz CT molecular complexity index is 740. The summed E-state index contributed by atoms with van der Waals surface area (Å²) in [6.07, 6.45) is 5.42. The Hall–Kier alpha value is -2.48. The van der Waals surface area contributed by atoms with Crippen LogP contribution in [0.5, 0.6) is 0 Å². The minimum atomic E-state index is -0.490. The number of rotatable bonds is 7. The van der Waals surface area contributed by atoms with Crippen LogP contribution in [0.15, 0.2) is 24.3 Å². The second kappa shape index (κ2) is 9.82. The third-order valence-corrected chi connectivity index (χ3v) is 5.96. The molecule has 1 N–H and O–H groups in total. The zero-order valence-electron chi connectivity index (χ0n) is 17.0. The van der Waals surface area contributed by atoms with E-state index in [-0.39, 0.29) is 23.5 Å². The topological polar surface area (TPSA) is 95.8 Å². The van der Waals surface area contributed by atoms with Crippen molar-refractivity contribution in [2.75, 3.05) is 32.7 Å². The molecule has 3 rings (SSSR count). The van der Waals surface area contributed by atoms with Crippen molar-refractivity contribution in [1.29, 1.82) is 0 Å². The van der Waals surface area contributed by atoms with E-state index in [1.807, 2.05) is 6.92 Å². The van der Waals surface area contributed by atoms with Crippen molar-refractivity contribution in [3.63, 3.8) is 0 Å². The van der Waals surface area contributed by atoms with Crippen molar-refractivity contribution < 1.29 is 14.5 Å². The van der Waals surface area contributed by atoms with Crippen molar-refractivity contribution in [2.24, 2.45) is 5.92 Å². The number of nitrogens with zero attached hydrogens (tertiary/aromatic N) is 3. The van der Waals surface area contributed by atoms with E-state index >= 15 is 0 Å². The highest BCUT2D eigenvalue weighted by molar-refractivity contribution is 5.95. The average Bonchev–Trinajstić information content (AvgIpc) is 3.26. The summed E-state index contributed by atoms with van der Waals surface area (Å²) in [6, 6.07) is 5.74. The Balaban J connectivity index is 1.64. The number of hydrogen-bond acceptors (Lipinski definition) is 5. The molecule has 158 valence electrons. The van der Waals surface area contributed by atoms with Gasteiger partial charge in [0.2, 0.25) is 5.91 Å². The molecule has 2 amide bonds. The van der Waals surface area contributed by atoms with Gasteiger partial charge in [0.05, 0.1) is 11.0 Å². The summed E-state index contributed by atoms with van der Waals surface area (Å²) in [5.74, 6) is 0.296. The van der Waals surface area contributed by atoms with Gasteiger partial charge in [-0.3, -0.25) is 24.6 Å². The molecule has 1 saturated carbocycles. The van der Waals surface area contributed by atoms with Crippen LogP contribution in [-0.4, -0.2) is 65.3 Å². The van der Waals surface area contributed by atoms with E-state index in [2.05, 4.69) is 10.2 Å². The molecule has 29 heavy (non-hydrogen) atoms. The molecule has 1 aromatic rings. The summed E-state index contributed by atoms with van der Waals surface area (Å²) in [5, 5.41) is 14.0. The Morgan fingerprint density at radius 3 is 2.52 bits per heavy atom. The lowest BCUT2D eigenvalue weighted by Crippen LogP contribution is -2.58. The molecule has 1 atom stereocenters. The number of benzene rings is 1. The van der Waals surface area contributed by atoms with Crippen LogP contribution in [0.25, 0.3) is 0 Å². The molecule has 1 aromatic carbocycles. The van der Waals surface area contributed by atoms with Gasteiger partial charge in [-0.15, -0.1) is 0 Å². The number of carbonyl (C=O) groups excluding carboxylic acids is 2. The zero-order chi connectivity index (χ0) is 20.8. The van der Waals surface area contributed by atoms with Gasteiger partial charge >= 0.3 is 0 Å². The first-order chi connectivity index (χ1) is 14.0. The van der Waals surface area contributed by atoms with Crippen LogP contribution in [0.1, 0.15) is 49.4 Å². The summed E-state index contributed by atoms with van der Waals surface area (Å²) in [4.78, 5) is 40.0. The second-order valence-electron chi connectivity index (χ2n) is 7.92. The van der Waals surface area contributed by atoms with Crippen molar-refractivity contribution in [3.8, 4) is 0 Å². The van der Waals surface area contributed by atoms with Crippen LogP contribution in [0, 0.1) is 16.0 Å². The Morgan fingerprint density at radius 1 is 1.21 bits per heavy atom. The fraction of sp³-hybridized carbons (Fsp3) is 0.619. The predicted octanol–water partition coefficient (Wildman–Crippen LogP) is 2.44. The molecule has 0 aromatic heterocycles. The van der Waals surface area contributed by atoms with E-state index in [1.54, 1.807) is 11.0 Å². The summed E-state index contributed by atoms with van der Waals surface area (Å²) < 4.78 is 0. The first-order valence-corrected chi connectivity index (χ1v) is 10.6. The Kier molecular flexibility index (Phi) is 7.19. The first kappa shape index (κ1) is 21.2. The first-order valence-electron chi connectivity index (χ1n) is 10.6. The molecule has 0 bridgehead atoms. The normalized spacial score (nSPS) is 19.1. The quantitative estimate of drug-likeness (QED) is 0.558. The van der Waals surface area contributed by atoms with Gasteiger partial charge in [-0.25, -0.2) is 0 Å². The predicted molar refractivity (Wildman–Crippen MR) is 110 cm³/mol. The molecule has 1 aliphatic heterocycles. The van der Waals surface area contributed by atoms with Crippen LogP contribution >= 0.6 is 0 Å². The molecule has 8 heteroatoms. The van der Waals surface area contributed by atoms with Gasteiger partial charge in [-0.05, 0) is 31.2 Å². The smallest absolute Gasteiger partial charge is 0.270 e. The Morgan fingerprint density at radius 2 is 1.90 bits per heavy atom. The molecule has 1 aliphatic carbocycles. The highest BCUT2D eigenvalue weighted by Gasteiger charge is 2.37. The number of carbonyl (C=O) groups is 2. The van der Waals surface area contributed by atoms with E-state index in [1.165, 1.54) is 31.0 Å². The van der Waals surface area contributed by atoms with Gasteiger partial charge in [0.15, 0.2) is 0 Å². The SMILES string of the molecule is CCCNC(=O)[C@@H](C1CCCC1)N1CCN(C(=O)c2cccc([N+](=O)[O-])c2)CC1. The highest BCUT2D eigenvalue weighted by atomic mass is 16.6. The molecular weight excluding hydrogens is 372 g/mol. The number of amides is 2. The fourth-order valence-corrected chi connectivity index (χ4v) is 4.44. The molecule has 1 saturated heterocycles. The fourth-order valence-electron chi connectivity index (χ4n) is 4.44. The molecule has 0 unspecified atom stereocenters. The van der Waals surface area contributed by atoms with Crippen LogP contribution < -0.4 is 5.32 Å². The van der Waals surface area contributed by atoms with Crippen molar-refractivity contribution in [1.82, 2.24) is 15.1 Å². The maximum absolute atomic E-state index is 12.8. The highest BCUT2D eigenvalue weighted by Crippen LogP contribution is 2.31. The summed E-state index contributed by atoms with van der Waals surface area (Å²) in [5.41, 5.74) is 0.254. The zero-order valence-corrected chi connectivity index (χ0v) is 17.0. The standard InChI is InChI=1S/C21H30N4O4/c1-2-10-22-20(26)19(16-6-3-4-7-16)23-11-13-24(14-12-23)21(27)17-8-5-9-18(15-17)25(28)29/h5,8-9,15-16,19H,2-4,6-7,10-14H2,1H3,(H,22,26)/t19-/m1/s1. The number of nitro benzene ring substituents is 1. The van der Waals surface area contributed by atoms with Crippen LogP contribution in [-0.2, 0) is 4.79 Å². The lowest BCUT2D eigenvalue weighted by Gasteiger charge is -2.40. The number of non-ortho nitro benzene ring substituents is 1. The average molecular weight is 402 g/mol. The number of nitrogens with one attached hydrogen (secondary N) is 1. The van der Waals surface area contributed by atoms with Crippen LogP contribution in [0.4, 0.5) is 5.69 Å². The molecular formula is C21H30N4O4. The van der Waals surface area contributed by atoms with Gasteiger partial charge in [-0.2, -0.15) is 0 Å². The van der Waals surface area contributed by atoms with Crippen molar-refractivity contribution >= 4 is 17.5 Å². The third kappa shape index (κ3) is 5.12. The van der Waals surface area contributed by atoms with Gasteiger partial charge in [-0.1, -0.05) is 25.8 Å². The van der Waals surface area contributed by atoms with E-state index in [9.17, 15) is 19.7 Å². The number of piperazine rings is 1. The van der Waals surface area contributed by atoms with Crippen LogP contribution in [0.3, 0.4) is 0 Å². The van der Waals surface area contributed by atoms with Crippen LogP contribution in [0.2, 0.25) is 0 Å². The van der Waals surface area contributed by atoms with Gasteiger partial charge in [0, 0.05) is 50.4 Å². The van der Waals surface area contributed by atoms with Crippen molar-refractivity contribution in [3.05, 3.63) is 39.9 Å². The maximum Gasteiger partial charge on any atom is 0.270 e. The summed E-state index contributed by atoms with van der Waals surface area (Å²) in [6.45, 7) is 5.05. The van der Waals surface area contributed by atoms with Crippen molar-refractivity contribution in [2.45, 2.75) is 45.1 Å². The van der Waals surface area contributed by atoms with E-state index in [4.69, 9.17) is 0 Å². The lowest BCUT2D eigenvalue weighted by molar-refractivity contribution is -0.384. The number of hydrogen-bond donors (Lipinski definition) is 1. The van der Waals surface area contributed by atoms with Gasteiger partial charge < -0.3 is 10.2 Å². The van der Waals surface area contributed by atoms with E-state index in [0.29, 0.717) is 44.2 Å². The molecule has 8 nitrogen and oxygen atoms in total. The minimum absolute atomic E-state index is 0.0802. The third-order valence-electron chi connectivity index (χ3n) is 5.96. The molecule has 0 radical (unpaired) electrons. The lowest BCUT2D eigenvalue weighted by atomic mass is 9.95. The molecule has 2 fully saturated rings. The molecule has 1 heterocycles. The largest absolute Gasteiger partial charge is 0.355 e. The number of nitro groups is 1. The Labute approximate surface area is 171 Å². The monoisotopic (exact) mass is 402 g/mol. The van der Waals surface area contributed by atoms with E-state index < -0.39 is 4.92 Å². The van der Waals surface area contributed by atoms with E-state index in [0.717, 1.165) is 19.3 Å². The second-order valence-corrected chi connectivity index (χ2v) is 7.92. The summed E-state index contributed by atoms with van der Waals surface area (Å²) in [7, 11) is 0. The maximum atomic E-state index is 12.8. The molecule has 2 aliphatic rings. The van der Waals surface area contributed by atoms with Gasteiger partial charge in [0.1, 0.15) is 0 Å². The minimum Gasteiger partial charge on any atom is -0.355 e.